The van der Waals surface area contributed by atoms with Crippen molar-refractivity contribution in [2.45, 2.75) is 32.2 Å². The van der Waals surface area contributed by atoms with E-state index in [4.69, 9.17) is 5.73 Å². The van der Waals surface area contributed by atoms with Gasteiger partial charge in [0, 0.05) is 26.2 Å². The van der Waals surface area contributed by atoms with Gasteiger partial charge in [-0.3, -0.25) is 9.59 Å². The molecular formula is C13H22N4O3. The molecule has 0 bridgehead atoms. The summed E-state index contributed by atoms with van der Waals surface area (Å²) < 4.78 is 0. The van der Waals surface area contributed by atoms with Gasteiger partial charge in [-0.15, -0.1) is 0 Å². The van der Waals surface area contributed by atoms with E-state index >= 15 is 0 Å². The van der Waals surface area contributed by atoms with E-state index in [1.165, 1.54) is 4.90 Å². The van der Waals surface area contributed by atoms with Crippen molar-refractivity contribution >= 4 is 17.8 Å². The Morgan fingerprint density at radius 2 is 2.15 bits per heavy atom. The van der Waals surface area contributed by atoms with Crippen molar-refractivity contribution in [1.82, 2.24) is 15.1 Å². The lowest BCUT2D eigenvalue weighted by Crippen LogP contribution is -2.59. The van der Waals surface area contributed by atoms with E-state index in [0.717, 1.165) is 12.8 Å². The van der Waals surface area contributed by atoms with E-state index < -0.39 is 6.03 Å². The van der Waals surface area contributed by atoms with Crippen LogP contribution in [0.2, 0.25) is 0 Å². The predicted molar refractivity (Wildman–Crippen MR) is 72.7 cm³/mol. The van der Waals surface area contributed by atoms with Gasteiger partial charge in [0.2, 0.25) is 11.8 Å². The Morgan fingerprint density at radius 1 is 1.40 bits per heavy atom. The summed E-state index contributed by atoms with van der Waals surface area (Å²) >= 11 is 0. The second-order valence-corrected chi connectivity index (χ2v) is 5.37. The number of amides is 4. The van der Waals surface area contributed by atoms with Crippen LogP contribution in [-0.2, 0) is 9.59 Å². The molecule has 0 spiro atoms. The molecule has 2 heterocycles. The van der Waals surface area contributed by atoms with Crippen LogP contribution in [0.5, 0.6) is 0 Å². The summed E-state index contributed by atoms with van der Waals surface area (Å²) in [5.74, 6) is -0.358. The molecule has 4 amide bonds. The summed E-state index contributed by atoms with van der Waals surface area (Å²) in [4.78, 5) is 38.8. The average molecular weight is 282 g/mol. The van der Waals surface area contributed by atoms with Gasteiger partial charge in [-0.2, -0.15) is 0 Å². The number of nitrogens with zero attached hydrogens (tertiary/aromatic N) is 2. The monoisotopic (exact) mass is 282 g/mol. The van der Waals surface area contributed by atoms with E-state index in [9.17, 15) is 14.4 Å². The normalized spacial score (nSPS) is 27.1. The topological polar surface area (TPSA) is 95.7 Å². The summed E-state index contributed by atoms with van der Waals surface area (Å²) in [5, 5.41) is 2.78. The van der Waals surface area contributed by atoms with Crippen LogP contribution in [0.4, 0.5) is 4.79 Å². The van der Waals surface area contributed by atoms with Crippen molar-refractivity contribution in [3.8, 4) is 0 Å². The Bertz CT molecular complexity index is 412. The molecule has 0 saturated carbocycles. The van der Waals surface area contributed by atoms with Crippen molar-refractivity contribution in [2.75, 3.05) is 26.2 Å². The van der Waals surface area contributed by atoms with E-state index in [2.05, 4.69) is 5.32 Å². The van der Waals surface area contributed by atoms with Crippen LogP contribution < -0.4 is 11.1 Å². The third-order valence-corrected chi connectivity index (χ3v) is 4.08. The number of nitrogens with one attached hydrogen (secondary N) is 1. The largest absolute Gasteiger partial charge is 0.353 e. The first-order valence-electron chi connectivity index (χ1n) is 7.17. The van der Waals surface area contributed by atoms with E-state index in [-0.39, 0.29) is 23.8 Å². The predicted octanol–water partition coefficient (Wildman–Crippen LogP) is -0.486. The molecule has 3 N–H and O–H groups in total. The van der Waals surface area contributed by atoms with Crippen LogP contribution in [0.3, 0.4) is 0 Å². The van der Waals surface area contributed by atoms with Crippen LogP contribution in [0, 0.1) is 5.92 Å². The Labute approximate surface area is 118 Å². The third-order valence-electron chi connectivity index (χ3n) is 4.08. The Morgan fingerprint density at radius 3 is 2.80 bits per heavy atom. The van der Waals surface area contributed by atoms with Crippen molar-refractivity contribution in [2.24, 2.45) is 11.7 Å². The van der Waals surface area contributed by atoms with E-state index in [1.807, 2.05) is 6.92 Å². The maximum absolute atomic E-state index is 12.6. The van der Waals surface area contributed by atoms with Gasteiger partial charge in [-0.25, -0.2) is 4.79 Å². The second kappa shape index (κ2) is 6.11. The number of piperazine rings is 1. The minimum absolute atomic E-state index is 0.0300. The molecule has 0 aromatic carbocycles. The third kappa shape index (κ3) is 2.86. The molecule has 2 unspecified atom stereocenters. The molecule has 7 nitrogen and oxygen atoms in total. The number of hydrogen-bond acceptors (Lipinski definition) is 3. The zero-order valence-corrected chi connectivity index (χ0v) is 11.8. The molecule has 0 radical (unpaired) electrons. The average Bonchev–Trinajstić information content (AvgIpc) is 2.46. The van der Waals surface area contributed by atoms with Gasteiger partial charge in [0.15, 0.2) is 0 Å². The first-order chi connectivity index (χ1) is 9.54. The standard InChI is InChI=1S/C13H22N4O3/c1-2-10-11(18)15-5-7-17(10)12(19)9-4-3-6-16(8-9)13(14)20/h9-10H,2-8H2,1H3,(H2,14,20)(H,15,18). The van der Waals surface area contributed by atoms with Gasteiger partial charge >= 0.3 is 6.03 Å². The number of carbonyl (C=O) groups is 3. The van der Waals surface area contributed by atoms with Gasteiger partial charge < -0.3 is 20.9 Å². The molecule has 2 saturated heterocycles. The van der Waals surface area contributed by atoms with Gasteiger partial charge in [0.1, 0.15) is 6.04 Å². The second-order valence-electron chi connectivity index (χ2n) is 5.37. The summed E-state index contributed by atoms with van der Waals surface area (Å²) in [6.45, 7) is 3.90. The molecule has 0 aromatic heterocycles. The highest BCUT2D eigenvalue weighted by atomic mass is 16.2. The first-order valence-corrected chi connectivity index (χ1v) is 7.17. The maximum atomic E-state index is 12.6. The zero-order valence-electron chi connectivity index (χ0n) is 11.8. The molecule has 0 aliphatic carbocycles. The van der Waals surface area contributed by atoms with Gasteiger partial charge in [0.05, 0.1) is 5.92 Å². The van der Waals surface area contributed by atoms with E-state index in [1.54, 1.807) is 4.90 Å². The van der Waals surface area contributed by atoms with Gasteiger partial charge in [0.25, 0.3) is 0 Å². The lowest BCUT2D eigenvalue weighted by atomic mass is 9.95. The van der Waals surface area contributed by atoms with Gasteiger partial charge in [-0.05, 0) is 19.3 Å². The van der Waals surface area contributed by atoms with Crippen LogP contribution in [0.25, 0.3) is 0 Å². The summed E-state index contributed by atoms with van der Waals surface area (Å²) in [5.41, 5.74) is 5.28. The summed E-state index contributed by atoms with van der Waals surface area (Å²) in [7, 11) is 0. The van der Waals surface area contributed by atoms with Crippen LogP contribution in [-0.4, -0.2) is 59.9 Å². The highest BCUT2D eigenvalue weighted by Gasteiger charge is 2.37. The molecular weight excluding hydrogens is 260 g/mol. The molecule has 2 aliphatic rings. The minimum atomic E-state index is -0.481. The summed E-state index contributed by atoms with van der Waals surface area (Å²) in [6.07, 6.45) is 2.12. The Hall–Kier alpha value is -1.79. The molecule has 0 aromatic rings. The SMILES string of the molecule is CCC1C(=O)NCCN1C(=O)C1CCCN(C(N)=O)C1. The van der Waals surface area contributed by atoms with Crippen LogP contribution in [0.1, 0.15) is 26.2 Å². The number of likely N-dealkylation sites (tertiary alicyclic amines) is 1. The van der Waals surface area contributed by atoms with Crippen LogP contribution >= 0.6 is 0 Å². The number of carbonyl (C=O) groups excluding carboxylic acids is 3. The first kappa shape index (κ1) is 14.6. The zero-order chi connectivity index (χ0) is 14.7. The van der Waals surface area contributed by atoms with Crippen LogP contribution in [0.15, 0.2) is 0 Å². The molecule has 2 rings (SSSR count). The fourth-order valence-electron chi connectivity index (χ4n) is 3.00. The Kier molecular flexibility index (Phi) is 4.46. The lowest BCUT2D eigenvalue weighted by Gasteiger charge is -2.39. The highest BCUT2D eigenvalue weighted by molar-refractivity contribution is 5.90. The number of piperidine rings is 1. The fourth-order valence-corrected chi connectivity index (χ4v) is 3.00. The molecule has 2 atom stereocenters. The Balaban J connectivity index is 2.05. The molecule has 2 fully saturated rings. The molecule has 2 aliphatic heterocycles. The number of rotatable bonds is 2. The molecule has 7 heteroatoms. The summed E-state index contributed by atoms with van der Waals surface area (Å²) in [6, 6.07) is -0.869. The van der Waals surface area contributed by atoms with Crippen molar-refractivity contribution in [3.05, 3.63) is 0 Å². The maximum Gasteiger partial charge on any atom is 0.314 e. The number of hydrogen-bond donors (Lipinski definition) is 2. The number of nitrogens with two attached hydrogens (primary N) is 1. The smallest absolute Gasteiger partial charge is 0.314 e. The highest BCUT2D eigenvalue weighted by Crippen LogP contribution is 2.21. The van der Waals surface area contributed by atoms with Crippen molar-refractivity contribution in [3.63, 3.8) is 0 Å². The lowest BCUT2D eigenvalue weighted by molar-refractivity contribution is -0.147. The molecule has 112 valence electrons. The van der Waals surface area contributed by atoms with E-state index in [0.29, 0.717) is 32.6 Å². The quantitative estimate of drug-likeness (QED) is 0.715. The number of primary amides is 1. The number of urea groups is 1. The minimum Gasteiger partial charge on any atom is -0.353 e. The van der Waals surface area contributed by atoms with Crippen molar-refractivity contribution < 1.29 is 14.4 Å². The molecule has 20 heavy (non-hydrogen) atoms. The van der Waals surface area contributed by atoms with Crippen molar-refractivity contribution in [1.29, 1.82) is 0 Å². The fraction of sp³-hybridized carbons (Fsp3) is 0.769. The van der Waals surface area contributed by atoms with Gasteiger partial charge in [-0.1, -0.05) is 6.92 Å².